The number of fused-ring (bicyclic) bond motifs is 9. The Labute approximate surface area is 306 Å². The van der Waals surface area contributed by atoms with Gasteiger partial charge >= 0.3 is 0 Å². The second-order valence-corrected chi connectivity index (χ2v) is 13.8. The van der Waals surface area contributed by atoms with Crippen LogP contribution in [0.25, 0.3) is 104 Å². The van der Waals surface area contributed by atoms with Crippen molar-refractivity contribution in [1.29, 1.82) is 0 Å². The molecule has 3 heteroatoms. The van der Waals surface area contributed by atoms with Gasteiger partial charge in [0.05, 0.1) is 27.9 Å². The maximum absolute atomic E-state index is 5.19. The molecule has 0 fully saturated rings. The van der Waals surface area contributed by atoms with E-state index in [2.05, 4.69) is 168 Å². The molecule has 0 atom stereocenters. The smallest absolute Gasteiger partial charge is 0.160 e. The highest BCUT2D eigenvalue weighted by Crippen LogP contribution is 2.43. The van der Waals surface area contributed by atoms with Crippen LogP contribution >= 0.6 is 0 Å². The van der Waals surface area contributed by atoms with Gasteiger partial charge in [-0.1, -0.05) is 152 Å². The standard InChI is InChI=1S/C50H31N3/c1-3-15-34(16-4-1)49-42-30-36(23-26-43(42)51-50(52-49)35-17-5-2-6-18-35)38-29-37-19-9-10-20-39(37)46(31-38)53-44-27-24-32-13-7-11-21-40(32)47(44)48-41-22-12-8-14-33(41)25-28-45(48)53/h1-31H. The molecule has 0 N–H and O–H groups in total. The Kier molecular flexibility index (Phi) is 6.55. The Bertz CT molecular complexity index is 3120. The lowest BCUT2D eigenvalue weighted by atomic mass is 9.96. The third-order valence-electron chi connectivity index (χ3n) is 10.7. The Morgan fingerprint density at radius 2 is 0.906 bits per heavy atom. The SMILES string of the molecule is c1ccc(-c2nc(-c3ccccc3)c3cc(-c4cc(-n5c6ccc7ccccc7c6c6c7ccccc7ccc65)c5ccccc5c4)ccc3n2)cc1. The minimum atomic E-state index is 0.726. The molecule has 11 aromatic rings. The third kappa shape index (κ3) is 4.68. The van der Waals surface area contributed by atoms with Gasteiger partial charge in [0.15, 0.2) is 5.82 Å². The van der Waals surface area contributed by atoms with Crippen molar-refractivity contribution in [2.45, 2.75) is 0 Å². The minimum Gasteiger partial charge on any atom is -0.309 e. The first-order valence-electron chi connectivity index (χ1n) is 18.1. The minimum absolute atomic E-state index is 0.726. The Balaban J connectivity index is 1.20. The van der Waals surface area contributed by atoms with Crippen LogP contribution in [-0.4, -0.2) is 14.5 Å². The van der Waals surface area contributed by atoms with Gasteiger partial charge in [-0.15, -0.1) is 0 Å². The van der Waals surface area contributed by atoms with Gasteiger partial charge in [0, 0.05) is 32.7 Å². The molecule has 0 aliphatic carbocycles. The van der Waals surface area contributed by atoms with Crippen molar-refractivity contribution in [3.63, 3.8) is 0 Å². The van der Waals surface area contributed by atoms with Gasteiger partial charge in [-0.25, -0.2) is 9.97 Å². The lowest BCUT2D eigenvalue weighted by molar-refractivity contribution is 1.20. The van der Waals surface area contributed by atoms with E-state index in [1.807, 2.05) is 24.3 Å². The molecule has 0 amide bonds. The summed E-state index contributed by atoms with van der Waals surface area (Å²) >= 11 is 0. The van der Waals surface area contributed by atoms with E-state index in [1.165, 1.54) is 54.1 Å². The van der Waals surface area contributed by atoms with E-state index in [4.69, 9.17) is 9.97 Å². The molecule has 0 bridgehead atoms. The first kappa shape index (κ1) is 29.6. The zero-order chi connectivity index (χ0) is 34.9. The summed E-state index contributed by atoms with van der Waals surface area (Å²) in [4.78, 5) is 10.3. The van der Waals surface area contributed by atoms with E-state index in [9.17, 15) is 0 Å². The summed E-state index contributed by atoms with van der Waals surface area (Å²) in [6.45, 7) is 0. The van der Waals surface area contributed by atoms with Crippen LogP contribution in [0.4, 0.5) is 0 Å². The summed E-state index contributed by atoms with van der Waals surface area (Å²) in [6, 6.07) is 67.4. The van der Waals surface area contributed by atoms with Gasteiger partial charge in [-0.05, 0) is 74.5 Å². The summed E-state index contributed by atoms with van der Waals surface area (Å²) in [5, 5.41) is 11.0. The van der Waals surface area contributed by atoms with Crippen molar-refractivity contribution in [3.05, 3.63) is 188 Å². The number of hydrogen-bond acceptors (Lipinski definition) is 2. The molecule has 0 saturated carbocycles. The zero-order valence-electron chi connectivity index (χ0n) is 28.7. The second kappa shape index (κ2) is 11.7. The van der Waals surface area contributed by atoms with Crippen molar-refractivity contribution in [3.8, 4) is 39.5 Å². The van der Waals surface area contributed by atoms with E-state index in [-0.39, 0.29) is 0 Å². The van der Waals surface area contributed by atoms with Crippen LogP contribution in [0.5, 0.6) is 0 Å². The number of benzene rings is 9. The Morgan fingerprint density at radius 3 is 1.57 bits per heavy atom. The van der Waals surface area contributed by atoms with E-state index in [1.54, 1.807) is 0 Å². The molecule has 0 saturated heterocycles. The van der Waals surface area contributed by atoms with Crippen molar-refractivity contribution in [2.24, 2.45) is 0 Å². The summed E-state index contributed by atoms with van der Waals surface area (Å²) in [6.07, 6.45) is 0. The van der Waals surface area contributed by atoms with E-state index in [0.29, 0.717) is 0 Å². The van der Waals surface area contributed by atoms with Crippen LogP contribution in [0.2, 0.25) is 0 Å². The number of hydrogen-bond donors (Lipinski definition) is 0. The number of aromatic nitrogens is 3. The molecule has 9 aromatic carbocycles. The highest BCUT2D eigenvalue weighted by Gasteiger charge is 2.20. The first-order valence-corrected chi connectivity index (χ1v) is 18.1. The van der Waals surface area contributed by atoms with Crippen molar-refractivity contribution in [2.75, 3.05) is 0 Å². The normalized spacial score (nSPS) is 11.8. The van der Waals surface area contributed by atoms with Gasteiger partial charge in [0.2, 0.25) is 0 Å². The van der Waals surface area contributed by atoms with Gasteiger partial charge in [-0.3, -0.25) is 0 Å². The fourth-order valence-electron chi connectivity index (χ4n) is 8.29. The average molecular weight is 674 g/mol. The van der Waals surface area contributed by atoms with Gasteiger partial charge in [-0.2, -0.15) is 0 Å². The molecule has 11 rings (SSSR count). The summed E-state index contributed by atoms with van der Waals surface area (Å²) in [7, 11) is 0. The predicted molar refractivity (Wildman–Crippen MR) is 223 cm³/mol. The molecule has 2 heterocycles. The molecular weight excluding hydrogens is 643 g/mol. The van der Waals surface area contributed by atoms with E-state index >= 15 is 0 Å². The van der Waals surface area contributed by atoms with Crippen molar-refractivity contribution in [1.82, 2.24) is 14.5 Å². The Hall–Kier alpha value is -7.10. The topological polar surface area (TPSA) is 30.7 Å². The fourth-order valence-corrected chi connectivity index (χ4v) is 8.29. The maximum Gasteiger partial charge on any atom is 0.160 e. The van der Waals surface area contributed by atoms with Crippen LogP contribution in [0, 0.1) is 0 Å². The van der Waals surface area contributed by atoms with Gasteiger partial charge in [0.25, 0.3) is 0 Å². The third-order valence-corrected chi connectivity index (χ3v) is 10.7. The molecule has 0 unspecified atom stereocenters. The summed E-state index contributed by atoms with van der Waals surface area (Å²) in [5.74, 6) is 0.726. The zero-order valence-corrected chi connectivity index (χ0v) is 28.7. The van der Waals surface area contributed by atoms with Crippen molar-refractivity contribution >= 4 is 65.0 Å². The quantitative estimate of drug-likeness (QED) is 0.186. The van der Waals surface area contributed by atoms with Crippen LogP contribution < -0.4 is 0 Å². The summed E-state index contributed by atoms with van der Waals surface area (Å²) < 4.78 is 2.49. The highest BCUT2D eigenvalue weighted by molar-refractivity contribution is 6.28. The molecule has 0 aliphatic rings. The lowest BCUT2D eigenvalue weighted by Crippen LogP contribution is -1.97. The second-order valence-electron chi connectivity index (χ2n) is 13.8. The van der Waals surface area contributed by atoms with Crippen LogP contribution in [0.15, 0.2) is 188 Å². The van der Waals surface area contributed by atoms with Gasteiger partial charge in [0.1, 0.15) is 0 Å². The highest BCUT2D eigenvalue weighted by atomic mass is 15.0. The lowest BCUT2D eigenvalue weighted by Gasteiger charge is -2.16. The number of nitrogens with zero attached hydrogens (tertiary/aromatic N) is 3. The molecule has 0 radical (unpaired) electrons. The van der Waals surface area contributed by atoms with Crippen molar-refractivity contribution < 1.29 is 0 Å². The van der Waals surface area contributed by atoms with Gasteiger partial charge < -0.3 is 4.57 Å². The molecule has 0 aliphatic heterocycles. The van der Waals surface area contributed by atoms with Crippen LogP contribution in [-0.2, 0) is 0 Å². The molecular formula is C50H31N3. The summed E-state index contributed by atoms with van der Waals surface area (Å²) in [5.41, 5.74) is 9.73. The molecule has 246 valence electrons. The molecule has 53 heavy (non-hydrogen) atoms. The fraction of sp³-hybridized carbons (Fsp3) is 0. The number of rotatable bonds is 4. The predicted octanol–water partition coefficient (Wildman–Crippen LogP) is 13.2. The average Bonchev–Trinajstić information content (AvgIpc) is 3.58. The molecule has 3 nitrogen and oxygen atoms in total. The largest absolute Gasteiger partial charge is 0.309 e. The van der Waals surface area contributed by atoms with Crippen LogP contribution in [0.3, 0.4) is 0 Å². The monoisotopic (exact) mass is 673 g/mol. The molecule has 2 aromatic heterocycles. The first-order chi connectivity index (χ1) is 26.3. The maximum atomic E-state index is 5.19. The van der Waals surface area contributed by atoms with E-state index in [0.717, 1.165) is 50.4 Å². The Morgan fingerprint density at radius 1 is 0.340 bits per heavy atom. The van der Waals surface area contributed by atoms with E-state index < -0.39 is 0 Å². The molecule has 0 spiro atoms. The van der Waals surface area contributed by atoms with Crippen LogP contribution in [0.1, 0.15) is 0 Å².